The molecule has 1 aliphatic heterocycles. The number of morpholine rings is 1. The average molecular weight is 153 g/mol. The maximum atomic E-state index is 11.5. The normalized spacial score (nSPS) is 21.9. The highest BCUT2D eigenvalue weighted by Crippen LogP contribution is 2.03. The van der Waals surface area contributed by atoms with Crippen LogP contribution in [-0.2, 0) is 9.57 Å². The molecule has 0 radical (unpaired) electrons. The lowest BCUT2D eigenvalue weighted by atomic mass is 10.5. The fraction of sp³-hybridized carbons (Fsp3) is 1.00. The Morgan fingerprint density at radius 1 is 1.30 bits per heavy atom. The minimum Gasteiger partial charge on any atom is -0.379 e. The van der Waals surface area contributed by atoms with E-state index in [0.29, 0.717) is 26.3 Å². The molecule has 0 N–H and O–H groups in total. The molecule has 1 heterocycles. The molecule has 0 aromatic rings. The summed E-state index contributed by atoms with van der Waals surface area (Å²) in [4.78, 5) is 4.11. The van der Waals surface area contributed by atoms with Crippen molar-refractivity contribution in [2.75, 3.05) is 26.3 Å². The second-order valence-electron chi connectivity index (χ2n) is 1.91. The van der Waals surface area contributed by atoms with Crippen molar-refractivity contribution in [3.8, 4) is 0 Å². The summed E-state index contributed by atoms with van der Waals surface area (Å²) in [6.07, 6.45) is 0. The van der Waals surface area contributed by atoms with Crippen molar-refractivity contribution >= 4 is 0 Å². The summed E-state index contributed by atoms with van der Waals surface area (Å²) in [5.41, 5.74) is 0. The van der Waals surface area contributed by atoms with Gasteiger partial charge in [0.05, 0.1) is 13.2 Å². The van der Waals surface area contributed by atoms with E-state index >= 15 is 0 Å². The van der Waals surface area contributed by atoms with Gasteiger partial charge < -0.3 is 4.74 Å². The SMILES string of the molecule is FC(F)ON1CCOCC1. The predicted octanol–water partition coefficient (Wildman–Crippen LogP) is 0.473. The Bertz CT molecular complexity index is 95.6. The van der Waals surface area contributed by atoms with Gasteiger partial charge in [0.15, 0.2) is 0 Å². The Kier molecular flexibility index (Phi) is 2.98. The van der Waals surface area contributed by atoms with Gasteiger partial charge in [-0.25, -0.2) is 4.84 Å². The van der Waals surface area contributed by atoms with Gasteiger partial charge in [-0.1, -0.05) is 0 Å². The van der Waals surface area contributed by atoms with E-state index < -0.39 is 6.61 Å². The van der Waals surface area contributed by atoms with Crippen LogP contribution in [0.15, 0.2) is 0 Å². The molecular weight excluding hydrogens is 144 g/mol. The Balaban J connectivity index is 2.13. The highest BCUT2D eigenvalue weighted by molar-refractivity contribution is 4.50. The van der Waals surface area contributed by atoms with Gasteiger partial charge in [0.1, 0.15) is 0 Å². The molecule has 0 saturated carbocycles. The third-order valence-electron chi connectivity index (χ3n) is 1.20. The Hall–Kier alpha value is -0.260. The zero-order valence-electron chi connectivity index (χ0n) is 5.43. The van der Waals surface area contributed by atoms with Crippen LogP contribution < -0.4 is 0 Å². The van der Waals surface area contributed by atoms with Crippen molar-refractivity contribution in [3.63, 3.8) is 0 Å². The Morgan fingerprint density at radius 3 is 2.40 bits per heavy atom. The van der Waals surface area contributed by atoms with Crippen molar-refractivity contribution < 1.29 is 18.4 Å². The first-order valence-electron chi connectivity index (χ1n) is 3.06. The topological polar surface area (TPSA) is 21.7 Å². The van der Waals surface area contributed by atoms with Crippen LogP contribution in [0.2, 0.25) is 0 Å². The monoisotopic (exact) mass is 153 g/mol. The van der Waals surface area contributed by atoms with Crippen LogP contribution in [0.4, 0.5) is 8.78 Å². The molecule has 0 unspecified atom stereocenters. The van der Waals surface area contributed by atoms with E-state index in [4.69, 9.17) is 4.74 Å². The summed E-state index contributed by atoms with van der Waals surface area (Å²) in [5, 5.41) is 1.22. The molecule has 0 atom stereocenters. The molecule has 3 nitrogen and oxygen atoms in total. The zero-order valence-corrected chi connectivity index (χ0v) is 5.43. The summed E-state index contributed by atoms with van der Waals surface area (Å²) in [7, 11) is 0. The molecule has 1 aliphatic rings. The number of alkyl halides is 2. The van der Waals surface area contributed by atoms with Crippen molar-refractivity contribution in [3.05, 3.63) is 0 Å². The minimum atomic E-state index is -2.71. The number of hydrogen-bond acceptors (Lipinski definition) is 3. The van der Waals surface area contributed by atoms with Crippen LogP contribution in [-0.4, -0.2) is 38.0 Å². The average Bonchev–Trinajstić information content (AvgIpc) is 1.88. The molecule has 0 bridgehead atoms. The fourth-order valence-electron chi connectivity index (χ4n) is 0.765. The molecule has 1 fully saturated rings. The maximum Gasteiger partial charge on any atom is 0.360 e. The second kappa shape index (κ2) is 3.80. The van der Waals surface area contributed by atoms with Gasteiger partial charge in [0, 0.05) is 13.1 Å². The minimum absolute atomic E-state index is 0.421. The lowest BCUT2D eigenvalue weighted by Gasteiger charge is -2.24. The molecule has 5 heteroatoms. The van der Waals surface area contributed by atoms with Gasteiger partial charge in [-0.05, 0) is 0 Å². The Morgan fingerprint density at radius 2 is 1.90 bits per heavy atom. The van der Waals surface area contributed by atoms with Crippen LogP contribution in [0.3, 0.4) is 0 Å². The van der Waals surface area contributed by atoms with Crippen LogP contribution in [0.1, 0.15) is 0 Å². The van der Waals surface area contributed by atoms with Crippen LogP contribution in [0.5, 0.6) is 0 Å². The lowest BCUT2D eigenvalue weighted by Crippen LogP contribution is -2.37. The van der Waals surface area contributed by atoms with E-state index in [1.54, 1.807) is 0 Å². The quantitative estimate of drug-likeness (QED) is 0.575. The molecule has 0 aliphatic carbocycles. The number of halogens is 2. The number of ether oxygens (including phenoxy) is 1. The molecule has 1 saturated heterocycles. The van der Waals surface area contributed by atoms with E-state index in [2.05, 4.69) is 4.84 Å². The van der Waals surface area contributed by atoms with Gasteiger partial charge in [0.25, 0.3) is 0 Å². The molecule has 0 aromatic carbocycles. The number of hydrogen-bond donors (Lipinski definition) is 0. The largest absolute Gasteiger partial charge is 0.379 e. The first-order valence-corrected chi connectivity index (χ1v) is 3.06. The summed E-state index contributed by atoms with van der Waals surface area (Å²) < 4.78 is 27.9. The lowest BCUT2D eigenvalue weighted by molar-refractivity contribution is -0.297. The van der Waals surface area contributed by atoms with Crippen LogP contribution in [0.25, 0.3) is 0 Å². The van der Waals surface area contributed by atoms with Crippen LogP contribution >= 0.6 is 0 Å². The van der Waals surface area contributed by atoms with Gasteiger partial charge in [-0.2, -0.15) is 13.8 Å². The van der Waals surface area contributed by atoms with Gasteiger partial charge in [0.2, 0.25) is 0 Å². The van der Waals surface area contributed by atoms with Crippen molar-refractivity contribution in [2.24, 2.45) is 0 Å². The molecule has 0 aromatic heterocycles. The number of rotatable bonds is 2. The zero-order chi connectivity index (χ0) is 7.40. The molecule has 10 heavy (non-hydrogen) atoms. The first-order chi connectivity index (χ1) is 4.79. The molecule has 0 spiro atoms. The van der Waals surface area contributed by atoms with E-state index in [1.165, 1.54) is 5.06 Å². The third-order valence-corrected chi connectivity index (χ3v) is 1.20. The predicted molar refractivity (Wildman–Crippen MR) is 29.5 cm³/mol. The molecule has 60 valence electrons. The summed E-state index contributed by atoms with van der Waals surface area (Å²) in [6, 6.07) is 0. The van der Waals surface area contributed by atoms with Crippen molar-refractivity contribution in [1.82, 2.24) is 5.06 Å². The van der Waals surface area contributed by atoms with Gasteiger partial charge in [-0.3, -0.25) is 0 Å². The van der Waals surface area contributed by atoms with E-state index in [0.717, 1.165) is 0 Å². The van der Waals surface area contributed by atoms with Gasteiger partial charge >= 0.3 is 6.61 Å². The standard InChI is InChI=1S/C5H9F2NO2/c6-5(7)10-8-1-3-9-4-2-8/h5H,1-4H2. The summed E-state index contributed by atoms with van der Waals surface area (Å²) >= 11 is 0. The van der Waals surface area contributed by atoms with E-state index in [-0.39, 0.29) is 0 Å². The molecular formula is C5H9F2NO2. The maximum absolute atomic E-state index is 11.5. The molecule has 1 rings (SSSR count). The summed E-state index contributed by atoms with van der Waals surface area (Å²) in [5.74, 6) is 0. The van der Waals surface area contributed by atoms with Gasteiger partial charge in [-0.15, -0.1) is 0 Å². The summed E-state index contributed by atoms with van der Waals surface area (Å²) in [6.45, 7) is -0.938. The Labute approximate surface area is 57.5 Å². The van der Waals surface area contributed by atoms with Crippen molar-refractivity contribution in [1.29, 1.82) is 0 Å². The van der Waals surface area contributed by atoms with Crippen LogP contribution in [0, 0.1) is 0 Å². The van der Waals surface area contributed by atoms with E-state index in [9.17, 15) is 8.78 Å². The van der Waals surface area contributed by atoms with Crippen molar-refractivity contribution in [2.45, 2.75) is 6.61 Å². The van der Waals surface area contributed by atoms with E-state index in [1.807, 2.05) is 0 Å². The number of nitrogens with zero attached hydrogens (tertiary/aromatic N) is 1. The fourth-order valence-corrected chi connectivity index (χ4v) is 0.765. The molecule has 0 amide bonds. The highest BCUT2D eigenvalue weighted by Gasteiger charge is 2.14. The first kappa shape index (κ1) is 7.84. The smallest absolute Gasteiger partial charge is 0.360 e. The highest BCUT2D eigenvalue weighted by atomic mass is 19.3. The third kappa shape index (κ3) is 2.55. The second-order valence-corrected chi connectivity index (χ2v) is 1.91. The number of hydroxylamine groups is 2.